The molecule has 166 valence electrons. The number of hydrogen-bond donors (Lipinski definition) is 2. The minimum Gasteiger partial charge on any atom is -0.369 e. The minimum atomic E-state index is -1.68. The van der Waals surface area contributed by atoms with Crippen LogP contribution in [0.15, 0.2) is 36.4 Å². The van der Waals surface area contributed by atoms with Gasteiger partial charge in [-0.1, -0.05) is 0 Å². The molecule has 1 heterocycles. The van der Waals surface area contributed by atoms with Crippen molar-refractivity contribution in [3.05, 3.63) is 59.7 Å². The van der Waals surface area contributed by atoms with Gasteiger partial charge in [-0.25, -0.2) is 17.6 Å². The molecule has 0 spiro atoms. The molecule has 1 aliphatic heterocycles. The molecule has 2 amide bonds. The van der Waals surface area contributed by atoms with E-state index in [1.165, 1.54) is 12.1 Å². The Labute approximate surface area is 176 Å². The van der Waals surface area contributed by atoms with Crippen molar-refractivity contribution < 1.29 is 27.2 Å². The second kappa shape index (κ2) is 9.78. The molecule has 2 aromatic carbocycles. The normalized spacial score (nSPS) is 15.5. The third-order valence-corrected chi connectivity index (χ3v) is 5.17. The maximum atomic E-state index is 13.6. The summed E-state index contributed by atoms with van der Waals surface area (Å²) >= 11 is 0. The molecule has 6 nitrogen and oxygen atoms in total. The van der Waals surface area contributed by atoms with Crippen molar-refractivity contribution in [1.29, 1.82) is 0 Å². The van der Waals surface area contributed by atoms with Crippen molar-refractivity contribution in [2.75, 3.05) is 42.9 Å². The van der Waals surface area contributed by atoms with Crippen molar-refractivity contribution in [2.45, 2.75) is 13.0 Å². The van der Waals surface area contributed by atoms with Crippen LogP contribution in [0.4, 0.5) is 28.9 Å². The Bertz CT molecular complexity index is 947. The number of carbonyl (C=O) groups excluding carboxylic acids is 2. The fourth-order valence-corrected chi connectivity index (χ4v) is 3.32. The van der Waals surface area contributed by atoms with Crippen molar-refractivity contribution in [3.63, 3.8) is 0 Å². The average Bonchev–Trinajstić information content (AvgIpc) is 2.78. The van der Waals surface area contributed by atoms with E-state index in [0.29, 0.717) is 32.2 Å². The van der Waals surface area contributed by atoms with Crippen molar-refractivity contribution >= 4 is 23.2 Å². The van der Waals surface area contributed by atoms with Gasteiger partial charge >= 0.3 is 0 Å². The Kier molecular flexibility index (Phi) is 7.11. The van der Waals surface area contributed by atoms with Crippen LogP contribution >= 0.6 is 0 Å². The summed E-state index contributed by atoms with van der Waals surface area (Å²) in [6.45, 7) is 3.75. The molecule has 0 aromatic heterocycles. The first-order valence-corrected chi connectivity index (χ1v) is 9.72. The monoisotopic (exact) mass is 438 g/mol. The quantitative estimate of drug-likeness (QED) is 0.538. The van der Waals surface area contributed by atoms with E-state index in [9.17, 15) is 27.2 Å². The summed E-state index contributed by atoms with van der Waals surface area (Å²) in [7, 11) is 0. The predicted molar refractivity (Wildman–Crippen MR) is 108 cm³/mol. The second-order valence-corrected chi connectivity index (χ2v) is 7.16. The maximum Gasteiger partial charge on any atom is 0.243 e. The van der Waals surface area contributed by atoms with Gasteiger partial charge in [-0.2, -0.15) is 0 Å². The molecule has 2 N–H and O–H groups in total. The largest absolute Gasteiger partial charge is 0.369 e. The van der Waals surface area contributed by atoms with Crippen LogP contribution in [-0.2, 0) is 9.59 Å². The third kappa shape index (κ3) is 5.52. The molecule has 1 unspecified atom stereocenters. The van der Waals surface area contributed by atoms with Crippen LogP contribution in [0.2, 0.25) is 0 Å². The van der Waals surface area contributed by atoms with E-state index in [4.69, 9.17) is 0 Å². The number of nitrogens with zero attached hydrogens (tertiary/aromatic N) is 2. The molecule has 2 aromatic rings. The minimum absolute atomic E-state index is 0.302. The highest BCUT2D eigenvalue weighted by Gasteiger charge is 2.26. The van der Waals surface area contributed by atoms with Gasteiger partial charge in [-0.3, -0.25) is 14.5 Å². The molecule has 3 rings (SSSR count). The Morgan fingerprint density at radius 1 is 0.935 bits per heavy atom. The number of rotatable bonds is 6. The van der Waals surface area contributed by atoms with Gasteiger partial charge in [-0.05, 0) is 43.3 Å². The van der Waals surface area contributed by atoms with Crippen LogP contribution < -0.4 is 15.5 Å². The molecule has 10 heteroatoms. The lowest BCUT2D eigenvalue weighted by atomic mass is 10.2. The van der Waals surface area contributed by atoms with Gasteiger partial charge < -0.3 is 15.5 Å². The average molecular weight is 438 g/mol. The summed E-state index contributed by atoms with van der Waals surface area (Å²) in [6.07, 6.45) is 0. The highest BCUT2D eigenvalue weighted by Crippen LogP contribution is 2.20. The zero-order valence-corrected chi connectivity index (χ0v) is 16.8. The standard InChI is InChI=1S/C21H22F4N4O2/c1-13(28-8-10-29(11-9-28)15-4-2-14(22)3-5-15)21(31)26-12-18(30)27-17-7-6-16(23)19(24)20(17)25/h2-7,13H,8-12H2,1H3,(H,26,31)(H,27,30). The summed E-state index contributed by atoms with van der Waals surface area (Å²) in [5.74, 6) is -6.02. The number of nitrogens with one attached hydrogen (secondary N) is 2. The van der Waals surface area contributed by atoms with Gasteiger partial charge in [0.05, 0.1) is 18.3 Å². The number of piperazine rings is 1. The lowest BCUT2D eigenvalue weighted by molar-refractivity contribution is -0.128. The number of benzene rings is 2. The van der Waals surface area contributed by atoms with E-state index in [2.05, 4.69) is 15.5 Å². The van der Waals surface area contributed by atoms with E-state index >= 15 is 0 Å². The van der Waals surface area contributed by atoms with E-state index in [0.717, 1.165) is 11.8 Å². The fraction of sp³-hybridized carbons (Fsp3) is 0.333. The Hall–Kier alpha value is -3.14. The highest BCUT2D eigenvalue weighted by molar-refractivity contribution is 5.95. The molecule has 1 atom stereocenters. The number of anilines is 2. The number of halogens is 4. The predicted octanol–water partition coefficient (Wildman–Crippen LogP) is 2.51. The molecule has 1 aliphatic rings. The molecular weight excluding hydrogens is 416 g/mol. The van der Waals surface area contributed by atoms with E-state index < -0.39 is 47.5 Å². The van der Waals surface area contributed by atoms with Crippen molar-refractivity contribution in [3.8, 4) is 0 Å². The van der Waals surface area contributed by atoms with Crippen LogP contribution in [0.3, 0.4) is 0 Å². The van der Waals surface area contributed by atoms with Crippen LogP contribution in [0.1, 0.15) is 6.92 Å². The van der Waals surface area contributed by atoms with Crippen LogP contribution in [0, 0.1) is 23.3 Å². The Morgan fingerprint density at radius 3 is 2.23 bits per heavy atom. The summed E-state index contributed by atoms with van der Waals surface area (Å²) in [5, 5.41) is 4.55. The molecule has 0 aliphatic carbocycles. The molecular formula is C21H22F4N4O2. The molecule has 0 saturated carbocycles. The van der Waals surface area contributed by atoms with Gasteiger partial charge in [0, 0.05) is 31.9 Å². The van der Waals surface area contributed by atoms with Gasteiger partial charge in [-0.15, -0.1) is 0 Å². The topological polar surface area (TPSA) is 64.7 Å². The summed E-state index contributed by atoms with van der Waals surface area (Å²) in [6, 6.07) is 7.29. The summed E-state index contributed by atoms with van der Waals surface area (Å²) < 4.78 is 52.9. The van der Waals surface area contributed by atoms with Crippen molar-refractivity contribution in [1.82, 2.24) is 10.2 Å². The van der Waals surface area contributed by atoms with E-state index in [1.807, 2.05) is 4.90 Å². The lowest BCUT2D eigenvalue weighted by Crippen LogP contribution is -2.54. The van der Waals surface area contributed by atoms with Crippen LogP contribution in [0.5, 0.6) is 0 Å². The number of hydrogen-bond acceptors (Lipinski definition) is 4. The van der Waals surface area contributed by atoms with E-state index in [1.54, 1.807) is 19.1 Å². The van der Waals surface area contributed by atoms with E-state index in [-0.39, 0.29) is 5.82 Å². The van der Waals surface area contributed by atoms with Gasteiger partial charge in [0.25, 0.3) is 0 Å². The van der Waals surface area contributed by atoms with Gasteiger partial charge in [0.15, 0.2) is 17.5 Å². The first-order chi connectivity index (χ1) is 14.8. The first-order valence-electron chi connectivity index (χ1n) is 9.72. The first kappa shape index (κ1) is 22.5. The molecule has 31 heavy (non-hydrogen) atoms. The SMILES string of the molecule is CC(C(=O)NCC(=O)Nc1ccc(F)c(F)c1F)N1CCN(c2ccc(F)cc2)CC1. The lowest BCUT2D eigenvalue weighted by Gasteiger charge is -2.38. The summed E-state index contributed by atoms with van der Waals surface area (Å²) in [5.41, 5.74) is 0.391. The van der Waals surface area contributed by atoms with Gasteiger partial charge in [0.1, 0.15) is 5.82 Å². The van der Waals surface area contributed by atoms with Crippen LogP contribution in [-0.4, -0.2) is 55.5 Å². The fourth-order valence-electron chi connectivity index (χ4n) is 3.32. The number of carbonyl (C=O) groups is 2. The number of amides is 2. The second-order valence-electron chi connectivity index (χ2n) is 7.16. The molecule has 0 bridgehead atoms. The summed E-state index contributed by atoms with van der Waals surface area (Å²) in [4.78, 5) is 28.3. The maximum absolute atomic E-state index is 13.6. The van der Waals surface area contributed by atoms with Crippen LogP contribution in [0.25, 0.3) is 0 Å². The zero-order valence-electron chi connectivity index (χ0n) is 16.8. The Morgan fingerprint density at radius 2 is 1.58 bits per heavy atom. The highest BCUT2D eigenvalue weighted by atomic mass is 19.2. The molecule has 0 radical (unpaired) electrons. The van der Waals surface area contributed by atoms with Crippen molar-refractivity contribution in [2.24, 2.45) is 0 Å². The van der Waals surface area contributed by atoms with Gasteiger partial charge in [0.2, 0.25) is 11.8 Å². The third-order valence-electron chi connectivity index (χ3n) is 5.17. The molecule has 1 saturated heterocycles. The Balaban J connectivity index is 1.46. The smallest absolute Gasteiger partial charge is 0.243 e. The zero-order chi connectivity index (χ0) is 22.5. The molecule has 1 fully saturated rings.